The number of aromatic hydroxyl groups is 1. The number of hydrogen-bond acceptors (Lipinski definition) is 3. The van der Waals surface area contributed by atoms with Crippen LogP contribution in [-0.4, -0.2) is 23.4 Å². The van der Waals surface area contributed by atoms with Crippen molar-refractivity contribution in [1.82, 2.24) is 0 Å². The van der Waals surface area contributed by atoms with Crippen LogP contribution in [0.5, 0.6) is 5.75 Å². The lowest BCUT2D eigenvalue weighted by molar-refractivity contribution is 0.0944. The number of halogens is 1. The van der Waals surface area contributed by atoms with Crippen LogP contribution in [0.3, 0.4) is 0 Å². The van der Waals surface area contributed by atoms with Crippen LogP contribution in [0.1, 0.15) is 32.1 Å². The summed E-state index contributed by atoms with van der Waals surface area (Å²) in [4.78, 5) is 0. The van der Waals surface area contributed by atoms with E-state index in [-0.39, 0.29) is 17.8 Å². The van der Waals surface area contributed by atoms with Crippen LogP contribution >= 0.6 is 11.6 Å². The molecule has 3 nitrogen and oxygen atoms in total. The van der Waals surface area contributed by atoms with Crippen molar-refractivity contribution >= 4 is 17.3 Å². The van der Waals surface area contributed by atoms with E-state index in [2.05, 4.69) is 5.32 Å². The maximum atomic E-state index is 9.61. The minimum Gasteiger partial charge on any atom is -0.506 e. The Morgan fingerprint density at radius 3 is 2.56 bits per heavy atom. The van der Waals surface area contributed by atoms with Gasteiger partial charge in [-0.1, -0.05) is 30.9 Å². The molecule has 0 radical (unpaired) electrons. The SMILES string of the molecule is OCC1(CNc2ccc(O)c(Cl)c2)CCCCC1. The van der Waals surface area contributed by atoms with Crippen molar-refractivity contribution in [3.05, 3.63) is 23.2 Å². The summed E-state index contributed by atoms with van der Waals surface area (Å²) in [6.07, 6.45) is 5.80. The van der Waals surface area contributed by atoms with Gasteiger partial charge in [0.15, 0.2) is 0 Å². The zero-order valence-electron chi connectivity index (χ0n) is 10.5. The number of anilines is 1. The molecule has 1 aliphatic rings. The summed E-state index contributed by atoms with van der Waals surface area (Å²) < 4.78 is 0. The minimum atomic E-state index is 0.00259. The fourth-order valence-electron chi connectivity index (χ4n) is 2.60. The third-order valence-corrected chi connectivity index (χ3v) is 4.17. The Balaban J connectivity index is 1.98. The molecule has 0 unspecified atom stereocenters. The largest absolute Gasteiger partial charge is 0.506 e. The summed E-state index contributed by atoms with van der Waals surface area (Å²) in [5, 5.41) is 22.6. The normalized spacial score (nSPS) is 18.6. The molecule has 2 rings (SSSR count). The molecule has 1 aliphatic carbocycles. The van der Waals surface area contributed by atoms with Gasteiger partial charge in [0, 0.05) is 17.6 Å². The van der Waals surface area contributed by atoms with Crippen molar-refractivity contribution in [2.75, 3.05) is 18.5 Å². The molecule has 4 heteroatoms. The molecule has 1 aromatic rings. The molecule has 0 atom stereocenters. The maximum absolute atomic E-state index is 9.61. The second-order valence-corrected chi connectivity index (χ2v) is 5.65. The van der Waals surface area contributed by atoms with Crippen molar-refractivity contribution < 1.29 is 10.2 Å². The molecule has 0 heterocycles. The van der Waals surface area contributed by atoms with Crippen LogP contribution in [-0.2, 0) is 0 Å². The highest BCUT2D eigenvalue weighted by atomic mass is 35.5. The molecule has 0 bridgehead atoms. The van der Waals surface area contributed by atoms with E-state index in [1.807, 2.05) is 0 Å². The fourth-order valence-corrected chi connectivity index (χ4v) is 2.78. The second-order valence-electron chi connectivity index (χ2n) is 5.24. The molecule has 0 aromatic heterocycles. The Morgan fingerprint density at radius 1 is 1.22 bits per heavy atom. The number of aliphatic hydroxyl groups is 1. The highest BCUT2D eigenvalue weighted by molar-refractivity contribution is 6.32. The van der Waals surface area contributed by atoms with Gasteiger partial charge in [-0.2, -0.15) is 0 Å². The average molecular weight is 270 g/mol. The Labute approximate surface area is 113 Å². The van der Waals surface area contributed by atoms with E-state index < -0.39 is 0 Å². The highest BCUT2D eigenvalue weighted by Gasteiger charge is 2.31. The van der Waals surface area contributed by atoms with Gasteiger partial charge < -0.3 is 15.5 Å². The van der Waals surface area contributed by atoms with Crippen LogP contribution in [0.4, 0.5) is 5.69 Å². The van der Waals surface area contributed by atoms with Crippen molar-refractivity contribution in [2.45, 2.75) is 32.1 Å². The van der Waals surface area contributed by atoms with Crippen molar-refractivity contribution in [1.29, 1.82) is 0 Å². The number of hydrogen-bond donors (Lipinski definition) is 3. The molecule has 18 heavy (non-hydrogen) atoms. The molecule has 0 spiro atoms. The first-order valence-electron chi connectivity index (χ1n) is 6.48. The monoisotopic (exact) mass is 269 g/mol. The van der Waals surface area contributed by atoms with Crippen LogP contribution in [0, 0.1) is 5.41 Å². The van der Waals surface area contributed by atoms with Gasteiger partial charge in [-0.15, -0.1) is 0 Å². The van der Waals surface area contributed by atoms with Crippen molar-refractivity contribution in [3.63, 3.8) is 0 Å². The first-order chi connectivity index (χ1) is 8.65. The molecular formula is C14H20ClNO2. The molecule has 3 N–H and O–H groups in total. The van der Waals surface area contributed by atoms with Crippen LogP contribution < -0.4 is 5.32 Å². The molecular weight excluding hydrogens is 250 g/mol. The third-order valence-electron chi connectivity index (χ3n) is 3.86. The van der Waals surface area contributed by atoms with E-state index in [1.165, 1.54) is 19.3 Å². The number of nitrogens with one attached hydrogen (secondary N) is 1. The van der Waals surface area contributed by atoms with Gasteiger partial charge in [0.05, 0.1) is 11.6 Å². The van der Waals surface area contributed by atoms with Crippen LogP contribution in [0.25, 0.3) is 0 Å². The predicted molar refractivity (Wildman–Crippen MR) is 74.2 cm³/mol. The summed E-state index contributed by atoms with van der Waals surface area (Å²) in [5.41, 5.74) is 0.888. The van der Waals surface area contributed by atoms with Crippen molar-refractivity contribution in [2.24, 2.45) is 5.41 Å². The average Bonchev–Trinajstić information content (AvgIpc) is 2.41. The lowest BCUT2D eigenvalue weighted by atomic mass is 9.74. The van der Waals surface area contributed by atoms with Gasteiger partial charge in [-0.05, 0) is 31.0 Å². The van der Waals surface area contributed by atoms with E-state index in [4.69, 9.17) is 11.6 Å². The van der Waals surface area contributed by atoms with E-state index in [1.54, 1.807) is 18.2 Å². The van der Waals surface area contributed by atoms with Gasteiger partial charge >= 0.3 is 0 Å². The maximum Gasteiger partial charge on any atom is 0.134 e. The Hall–Kier alpha value is -0.930. The summed E-state index contributed by atoms with van der Waals surface area (Å²) >= 11 is 5.86. The topological polar surface area (TPSA) is 52.5 Å². The number of phenols is 1. The van der Waals surface area contributed by atoms with E-state index in [9.17, 15) is 10.2 Å². The molecule has 0 amide bonds. The van der Waals surface area contributed by atoms with E-state index in [0.717, 1.165) is 25.1 Å². The summed E-state index contributed by atoms with van der Waals surface area (Å²) in [5.74, 6) is 0.0942. The zero-order valence-corrected chi connectivity index (χ0v) is 11.2. The Morgan fingerprint density at radius 2 is 1.94 bits per heavy atom. The molecule has 0 aliphatic heterocycles. The van der Waals surface area contributed by atoms with Crippen molar-refractivity contribution in [3.8, 4) is 5.75 Å². The molecule has 0 saturated heterocycles. The van der Waals surface area contributed by atoms with Gasteiger partial charge in [-0.25, -0.2) is 0 Å². The van der Waals surface area contributed by atoms with E-state index in [0.29, 0.717) is 5.02 Å². The quantitative estimate of drug-likeness (QED) is 0.735. The van der Waals surface area contributed by atoms with Gasteiger partial charge in [0.2, 0.25) is 0 Å². The zero-order chi connectivity index (χ0) is 13.0. The Kier molecular flexibility index (Phi) is 4.36. The van der Waals surface area contributed by atoms with Gasteiger partial charge in [-0.3, -0.25) is 0 Å². The smallest absolute Gasteiger partial charge is 0.134 e. The number of aliphatic hydroxyl groups excluding tert-OH is 1. The molecule has 100 valence electrons. The second kappa shape index (κ2) is 5.81. The van der Waals surface area contributed by atoms with Gasteiger partial charge in [0.1, 0.15) is 5.75 Å². The lowest BCUT2D eigenvalue weighted by Crippen LogP contribution is -2.35. The lowest BCUT2D eigenvalue weighted by Gasteiger charge is -2.36. The molecule has 1 saturated carbocycles. The summed E-state index contributed by atoms with van der Waals surface area (Å²) in [6, 6.07) is 5.09. The Bertz CT molecular complexity index is 403. The molecule has 1 aromatic carbocycles. The fraction of sp³-hybridized carbons (Fsp3) is 0.571. The standard InChI is InChI=1S/C14H20ClNO2/c15-12-8-11(4-5-13(12)18)16-9-14(10-17)6-2-1-3-7-14/h4-5,8,16-18H,1-3,6-7,9-10H2. The first-order valence-corrected chi connectivity index (χ1v) is 6.86. The minimum absolute atomic E-state index is 0.00259. The third kappa shape index (κ3) is 3.09. The van der Waals surface area contributed by atoms with Crippen LogP contribution in [0.2, 0.25) is 5.02 Å². The number of phenolic OH excluding ortho intramolecular Hbond substituents is 1. The highest BCUT2D eigenvalue weighted by Crippen LogP contribution is 2.36. The van der Waals surface area contributed by atoms with Crippen LogP contribution in [0.15, 0.2) is 18.2 Å². The van der Waals surface area contributed by atoms with E-state index >= 15 is 0 Å². The molecule has 1 fully saturated rings. The van der Waals surface area contributed by atoms with Gasteiger partial charge in [0.25, 0.3) is 0 Å². The summed E-state index contributed by atoms with van der Waals surface area (Å²) in [6.45, 7) is 0.983. The summed E-state index contributed by atoms with van der Waals surface area (Å²) in [7, 11) is 0. The predicted octanol–water partition coefficient (Wildman–Crippen LogP) is 3.40. The first kappa shape index (κ1) is 13.5. The number of rotatable bonds is 4. The number of benzene rings is 1.